The molecule has 2 heteroatoms. The van der Waals surface area contributed by atoms with Gasteiger partial charge < -0.3 is 0 Å². The molecule has 0 heterocycles. The third-order valence-electron chi connectivity index (χ3n) is 4.38. The second kappa shape index (κ2) is 5.69. The van der Waals surface area contributed by atoms with E-state index in [2.05, 4.69) is 40.2 Å². The van der Waals surface area contributed by atoms with E-state index in [0.29, 0.717) is 0 Å². The molecule has 1 atom stereocenters. The quantitative estimate of drug-likeness (QED) is 0.691. The molecular formula is C18H18BrF. The fourth-order valence-corrected chi connectivity index (χ4v) is 4.20. The third kappa shape index (κ3) is 2.54. The van der Waals surface area contributed by atoms with E-state index in [1.165, 1.54) is 23.6 Å². The van der Waals surface area contributed by atoms with E-state index < -0.39 is 0 Å². The van der Waals surface area contributed by atoms with Gasteiger partial charge in [-0.2, -0.15) is 0 Å². The molecule has 1 aliphatic rings. The molecule has 20 heavy (non-hydrogen) atoms. The Balaban J connectivity index is 2.00. The maximum atomic E-state index is 13.4. The lowest BCUT2D eigenvalue weighted by molar-refractivity contribution is 0.401. The molecule has 1 aliphatic carbocycles. The molecule has 0 amide bonds. The van der Waals surface area contributed by atoms with Crippen molar-refractivity contribution in [3.05, 3.63) is 71.0 Å². The smallest absolute Gasteiger partial charge is 0.123 e. The first-order chi connectivity index (χ1) is 9.73. The molecule has 0 saturated heterocycles. The van der Waals surface area contributed by atoms with E-state index in [4.69, 9.17) is 0 Å². The first kappa shape index (κ1) is 13.8. The first-order valence-corrected chi connectivity index (χ1v) is 8.24. The van der Waals surface area contributed by atoms with Crippen LogP contribution in [0.2, 0.25) is 0 Å². The molecule has 0 spiro atoms. The highest BCUT2D eigenvalue weighted by Crippen LogP contribution is 2.41. The van der Waals surface area contributed by atoms with E-state index in [1.54, 1.807) is 12.1 Å². The van der Waals surface area contributed by atoms with Crippen LogP contribution in [-0.2, 0) is 18.3 Å². The van der Waals surface area contributed by atoms with Crippen LogP contribution in [0.5, 0.6) is 0 Å². The van der Waals surface area contributed by atoms with Crippen LogP contribution in [0, 0.1) is 5.82 Å². The number of halogens is 2. The van der Waals surface area contributed by atoms with Crippen molar-refractivity contribution in [1.82, 2.24) is 0 Å². The second-order valence-corrected chi connectivity index (χ2v) is 6.29. The van der Waals surface area contributed by atoms with Gasteiger partial charge in [0.05, 0.1) is 0 Å². The molecule has 2 aromatic carbocycles. The maximum absolute atomic E-state index is 13.4. The molecule has 0 radical (unpaired) electrons. The SMILES string of the molecule is Fc1cccc(CC2(CBr)CCCc3ccccc32)c1. The number of aryl methyl sites for hydroxylation is 1. The van der Waals surface area contributed by atoms with Gasteiger partial charge in [0.2, 0.25) is 0 Å². The molecule has 0 nitrogen and oxygen atoms in total. The second-order valence-electron chi connectivity index (χ2n) is 5.73. The summed E-state index contributed by atoms with van der Waals surface area (Å²) >= 11 is 3.72. The molecule has 0 fully saturated rings. The van der Waals surface area contributed by atoms with Crippen molar-refractivity contribution in [2.75, 3.05) is 5.33 Å². The van der Waals surface area contributed by atoms with Crippen molar-refractivity contribution in [3.8, 4) is 0 Å². The fourth-order valence-electron chi connectivity index (χ4n) is 3.41. The summed E-state index contributed by atoms with van der Waals surface area (Å²) in [7, 11) is 0. The van der Waals surface area contributed by atoms with E-state index in [-0.39, 0.29) is 11.2 Å². The van der Waals surface area contributed by atoms with Gasteiger partial charge in [-0.1, -0.05) is 52.3 Å². The minimum absolute atomic E-state index is 0.0998. The van der Waals surface area contributed by atoms with E-state index in [1.807, 2.05) is 6.07 Å². The van der Waals surface area contributed by atoms with Crippen molar-refractivity contribution in [1.29, 1.82) is 0 Å². The number of fused-ring (bicyclic) bond motifs is 1. The van der Waals surface area contributed by atoms with E-state index >= 15 is 0 Å². The lowest BCUT2D eigenvalue weighted by atomic mass is 9.68. The van der Waals surface area contributed by atoms with Gasteiger partial charge in [0, 0.05) is 10.7 Å². The molecule has 0 aliphatic heterocycles. The Morgan fingerprint density at radius 2 is 1.95 bits per heavy atom. The Kier molecular flexibility index (Phi) is 3.93. The van der Waals surface area contributed by atoms with Crippen LogP contribution in [0.3, 0.4) is 0 Å². The highest BCUT2D eigenvalue weighted by Gasteiger charge is 2.35. The summed E-state index contributed by atoms with van der Waals surface area (Å²) in [6, 6.07) is 15.7. The Morgan fingerprint density at radius 1 is 1.10 bits per heavy atom. The van der Waals surface area contributed by atoms with Gasteiger partial charge >= 0.3 is 0 Å². The van der Waals surface area contributed by atoms with E-state index in [0.717, 1.165) is 30.2 Å². The van der Waals surface area contributed by atoms with Gasteiger partial charge in [-0.3, -0.25) is 0 Å². The predicted octanol–water partition coefficient (Wildman–Crippen LogP) is 5.04. The van der Waals surface area contributed by atoms with Gasteiger partial charge in [0.15, 0.2) is 0 Å². The Hall–Kier alpha value is -1.15. The van der Waals surface area contributed by atoms with Crippen LogP contribution in [0.15, 0.2) is 48.5 Å². The predicted molar refractivity (Wildman–Crippen MR) is 85.0 cm³/mol. The van der Waals surface area contributed by atoms with Crippen LogP contribution in [0.25, 0.3) is 0 Å². The first-order valence-electron chi connectivity index (χ1n) is 7.12. The fraction of sp³-hybridized carbons (Fsp3) is 0.333. The molecular weight excluding hydrogens is 315 g/mol. The summed E-state index contributed by atoms with van der Waals surface area (Å²) in [6.45, 7) is 0. The number of hydrogen-bond acceptors (Lipinski definition) is 0. The Labute approximate surface area is 128 Å². The van der Waals surface area contributed by atoms with Crippen LogP contribution >= 0.6 is 15.9 Å². The normalized spacial score (nSPS) is 21.5. The monoisotopic (exact) mass is 332 g/mol. The summed E-state index contributed by atoms with van der Waals surface area (Å²) in [6.07, 6.45) is 4.42. The Morgan fingerprint density at radius 3 is 2.75 bits per heavy atom. The van der Waals surface area contributed by atoms with Crippen molar-refractivity contribution in [2.24, 2.45) is 0 Å². The van der Waals surface area contributed by atoms with Gasteiger partial charge in [0.25, 0.3) is 0 Å². The zero-order chi connectivity index (χ0) is 14.0. The molecule has 3 rings (SSSR count). The highest BCUT2D eigenvalue weighted by atomic mass is 79.9. The average Bonchev–Trinajstić information content (AvgIpc) is 2.47. The number of benzene rings is 2. The molecule has 0 aromatic heterocycles. The van der Waals surface area contributed by atoms with Crippen LogP contribution in [0.4, 0.5) is 4.39 Å². The van der Waals surface area contributed by atoms with Crippen LogP contribution in [0.1, 0.15) is 29.5 Å². The lowest BCUT2D eigenvalue weighted by Gasteiger charge is -2.38. The van der Waals surface area contributed by atoms with Gasteiger partial charge in [-0.05, 0) is 54.5 Å². The number of rotatable bonds is 3. The summed E-state index contributed by atoms with van der Waals surface area (Å²) in [5.74, 6) is -0.142. The van der Waals surface area contributed by atoms with Crippen LogP contribution in [-0.4, -0.2) is 5.33 Å². The summed E-state index contributed by atoms with van der Waals surface area (Å²) in [5.41, 5.74) is 4.07. The Bertz CT molecular complexity index is 608. The van der Waals surface area contributed by atoms with E-state index in [9.17, 15) is 4.39 Å². The zero-order valence-electron chi connectivity index (χ0n) is 11.4. The third-order valence-corrected chi connectivity index (χ3v) is 5.45. The number of alkyl halides is 1. The molecule has 0 bridgehead atoms. The largest absolute Gasteiger partial charge is 0.207 e. The van der Waals surface area contributed by atoms with Crippen LogP contribution < -0.4 is 0 Å². The summed E-state index contributed by atoms with van der Waals surface area (Å²) < 4.78 is 13.4. The maximum Gasteiger partial charge on any atom is 0.123 e. The standard InChI is InChI=1S/C18H18BrF/c19-13-18(12-14-5-3-8-16(20)11-14)10-4-7-15-6-1-2-9-17(15)18/h1-3,5-6,8-9,11H,4,7,10,12-13H2. The number of hydrogen-bond donors (Lipinski definition) is 0. The lowest BCUT2D eigenvalue weighted by Crippen LogP contribution is -2.35. The van der Waals surface area contributed by atoms with Gasteiger partial charge in [-0.25, -0.2) is 4.39 Å². The molecule has 2 aromatic rings. The molecule has 0 saturated carbocycles. The van der Waals surface area contributed by atoms with Gasteiger partial charge in [-0.15, -0.1) is 0 Å². The zero-order valence-corrected chi connectivity index (χ0v) is 13.0. The molecule has 0 N–H and O–H groups in total. The van der Waals surface area contributed by atoms with Crippen molar-refractivity contribution >= 4 is 15.9 Å². The molecule has 1 unspecified atom stereocenters. The van der Waals surface area contributed by atoms with Gasteiger partial charge in [0.1, 0.15) is 5.82 Å². The summed E-state index contributed by atoms with van der Waals surface area (Å²) in [4.78, 5) is 0. The van der Waals surface area contributed by atoms with Crippen molar-refractivity contribution in [2.45, 2.75) is 31.1 Å². The molecule has 104 valence electrons. The minimum Gasteiger partial charge on any atom is -0.207 e. The van der Waals surface area contributed by atoms with Crippen molar-refractivity contribution < 1.29 is 4.39 Å². The minimum atomic E-state index is -0.142. The average molecular weight is 333 g/mol. The summed E-state index contributed by atoms with van der Waals surface area (Å²) in [5, 5.41) is 0.924. The highest BCUT2D eigenvalue weighted by molar-refractivity contribution is 9.09. The topological polar surface area (TPSA) is 0 Å². The van der Waals surface area contributed by atoms with Crippen molar-refractivity contribution in [3.63, 3.8) is 0 Å².